The van der Waals surface area contributed by atoms with E-state index in [2.05, 4.69) is 0 Å². The molecular weight excluding hydrogens is 413 g/mol. The second-order valence-electron chi connectivity index (χ2n) is 7.28. The number of carbonyl (C=O) groups excluding carboxylic acids is 1. The molecule has 0 saturated carbocycles. The molecular formula is C25H18FNO5. The summed E-state index contributed by atoms with van der Waals surface area (Å²) in [4.78, 5) is 36.2. The number of halogens is 1. The highest BCUT2D eigenvalue weighted by Crippen LogP contribution is 2.19. The van der Waals surface area contributed by atoms with Gasteiger partial charge in [0.2, 0.25) is 0 Å². The number of pyridine rings is 1. The van der Waals surface area contributed by atoms with Crippen LogP contribution in [0, 0.1) is 5.82 Å². The van der Waals surface area contributed by atoms with Crippen LogP contribution in [0.5, 0.6) is 5.75 Å². The summed E-state index contributed by atoms with van der Waals surface area (Å²) >= 11 is 0. The molecule has 0 amide bonds. The van der Waals surface area contributed by atoms with Crippen LogP contribution in [0.1, 0.15) is 21.5 Å². The predicted molar refractivity (Wildman–Crippen MR) is 116 cm³/mol. The number of ether oxygens (including phenoxy) is 1. The first-order valence-corrected chi connectivity index (χ1v) is 9.79. The van der Waals surface area contributed by atoms with Crippen molar-refractivity contribution < 1.29 is 23.8 Å². The minimum Gasteiger partial charge on any atom is -0.478 e. The fourth-order valence-electron chi connectivity index (χ4n) is 3.38. The van der Waals surface area contributed by atoms with E-state index in [9.17, 15) is 18.8 Å². The molecule has 4 rings (SSSR count). The Hall–Kier alpha value is -4.26. The third kappa shape index (κ3) is 4.73. The van der Waals surface area contributed by atoms with Crippen LogP contribution >= 0.6 is 0 Å². The van der Waals surface area contributed by atoms with E-state index < -0.39 is 17.8 Å². The van der Waals surface area contributed by atoms with E-state index >= 15 is 0 Å². The van der Waals surface area contributed by atoms with Crippen molar-refractivity contribution in [1.29, 1.82) is 0 Å². The Morgan fingerprint density at radius 2 is 1.72 bits per heavy atom. The van der Waals surface area contributed by atoms with Crippen molar-refractivity contribution in [3.63, 3.8) is 0 Å². The fourth-order valence-corrected chi connectivity index (χ4v) is 3.38. The van der Waals surface area contributed by atoms with Crippen LogP contribution in [0.3, 0.4) is 0 Å². The van der Waals surface area contributed by atoms with Crippen LogP contribution in [-0.2, 0) is 17.8 Å². The molecule has 0 radical (unpaired) electrons. The molecule has 160 valence electrons. The topological polar surface area (TPSA) is 85.6 Å². The van der Waals surface area contributed by atoms with Gasteiger partial charge in [0.15, 0.2) is 0 Å². The predicted octanol–water partition coefficient (Wildman–Crippen LogP) is 4.04. The zero-order valence-electron chi connectivity index (χ0n) is 16.8. The third-order valence-electron chi connectivity index (χ3n) is 4.97. The number of aromatic nitrogens is 1. The van der Waals surface area contributed by atoms with Gasteiger partial charge in [0.25, 0.3) is 5.56 Å². The zero-order chi connectivity index (χ0) is 22.7. The molecule has 3 aromatic carbocycles. The van der Waals surface area contributed by atoms with E-state index in [1.54, 1.807) is 42.6 Å². The van der Waals surface area contributed by atoms with E-state index in [-0.39, 0.29) is 29.8 Å². The lowest BCUT2D eigenvalue weighted by atomic mass is 10.1. The lowest BCUT2D eigenvalue weighted by Gasteiger charge is -2.09. The van der Waals surface area contributed by atoms with E-state index in [0.717, 1.165) is 5.56 Å². The fraction of sp³-hybridized carbons (Fsp3) is 0.0800. The molecule has 0 fully saturated rings. The maximum atomic E-state index is 13.3. The molecule has 0 aliphatic carbocycles. The number of carboxylic acid groups (broad SMARTS) is 1. The van der Waals surface area contributed by atoms with E-state index in [1.807, 2.05) is 0 Å². The molecule has 0 bridgehead atoms. The Morgan fingerprint density at radius 3 is 2.44 bits per heavy atom. The quantitative estimate of drug-likeness (QED) is 0.368. The molecule has 4 aromatic rings. The number of hydrogen-bond donors (Lipinski definition) is 1. The first-order chi connectivity index (χ1) is 15.4. The lowest BCUT2D eigenvalue weighted by molar-refractivity contribution is -0.133. The standard InChI is InChI=1S/C25H18FNO5/c26-20-3-1-2-17(12-20)13-23(28)32-21-9-8-18-10-11-27(24(29)22(18)14-21)15-16-4-6-19(7-5-16)25(30)31/h1-12,14H,13,15H2,(H,30,31). The van der Waals surface area contributed by atoms with Gasteiger partial charge in [-0.1, -0.05) is 30.3 Å². The second kappa shape index (κ2) is 8.85. The summed E-state index contributed by atoms with van der Waals surface area (Å²) in [6.45, 7) is 0.262. The Morgan fingerprint density at radius 1 is 0.938 bits per heavy atom. The Balaban J connectivity index is 1.55. The first kappa shape index (κ1) is 21.0. The smallest absolute Gasteiger partial charge is 0.335 e. The summed E-state index contributed by atoms with van der Waals surface area (Å²) in [6.07, 6.45) is 1.56. The van der Waals surface area contributed by atoms with Crippen LogP contribution in [0.25, 0.3) is 10.8 Å². The van der Waals surface area contributed by atoms with Crippen LogP contribution in [0.2, 0.25) is 0 Å². The highest BCUT2D eigenvalue weighted by molar-refractivity contribution is 5.87. The van der Waals surface area contributed by atoms with Crippen molar-refractivity contribution in [1.82, 2.24) is 4.57 Å². The molecule has 1 N–H and O–H groups in total. The molecule has 1 aromatic heterocycles. The second-order valence-corrected chi connectivity index (χ2v) is 7.28. The SMILES string of the molecule is O=C(Cc1cccc(F)c1)Oc1ccc2ccn(Cc3ccc(C(=O)O)cc3)c(=O)c2c1. The van der Waals surface area contributed by atoms with Crippen LogP contribution in [0.4, 0.5) is 4.39 Å². The van der Waals surface area contributed by atoms with Crippen molar-refractivity contribution in [2.24, 2.45) is 0 Å². The van der Waals surface area contributed by atoms with Gasteiger partial charge in [-0.2, -0.15) is 0 Å². The molecule has 0 atom stereocenters. The molecule has 0 aliphatic heterocycles. The average Bonchev–Trinajstić information content (AvgIpc) is 2.76. The number of esters is 1. The normalized spacial score (nSPS) is 10.8. The van der Waals surface area contributed by atoms with Gasteiger partial charge in [-0.15, -0.1) is 0 Å². The highest BCUT2D eigenvalue weighted by Gasteiger charge is 2.10. The minimum absolute atomic E-state index is 0.0961. The van der Waals surface area contributed by atoms with E-state index in [0.29, 0.717) is 16.3 Å². The highest BCUT2D eigenvalue weighted by atomic mass is 19.1. The number of carbonyl (C=O) groups is 2. The van der Waals surface area contributed by atoms with Crippen molar-refractivity contribution >= 4 is 22.7 Å². The minimum atomic E-state index is -1.01. The van der Waals surface area contributed by atoms with Gasteiger partial charge in [-0.05, 0) is 59.0 Å². The third-order valence-corrected chi connectivity index (χ3v) is 4.97. The van der Waals surface area contributed by atoms with Gasteiger partial charge >= 0.3 is 11.9 Å². The van der Waals surface area contributed by atoms with Gasteiger partial charge in [0, 0.05) is 6.20 Å². The van der Waals surface area contributed by atoms with E-state index in [1.165, 1.54) is 41.0 Å². The molecule has 6 nitrogen and oxygen atoms in total. The summed E-state index contributed by atoms with van der Waals surface area (Å²) in [6, 6.07) is 18.6. The molecule has 0 spiro atoms. The number of carboxylic acids is 1. The van der Waals surface area contributed by atoms with Gasteiger partial charge < -0.3 is 14.4 Å². The van der Waals surface area contributed by atoms with Gasteiger partial charge in [0.1, 0.15) is 11.6 Å². The van der Waals surface area contributed by atoms with Crippen molar-refractivity contribution in [3.8, 4) is 5.75 Å². The summed E-state index contributed by atoms with van der Waals surface area (Å²) in [7, 11) is 0. The molecule has 7 heteroatoms. The zero-order valence-corrected chi connectivity index (χ0v) is 16.8. The van der Waals surface area contributed by atoms with Crippen molar-refractivity contribution in [3.05, 3.63) is 112 Å². The van der Waals surface area contributed by atoms with Crippen LogP contribution in [0.15, 0.2) is 83.8 Å². The number of nitrogens with zero attached hydrogens (tertiary/aromatic N) is 1. The number of benzene rings is 3. The van der Waals surface area contributed by atoms with Gasteiger partial charge in [-0.3, -0.25) is 9.59 Å². The Kier molecular flexibility index (Phi) is 5.81. The van der Waals surface area contributed by atoms with Crippen LogP contribution in [-0.4, -0.2) is 21.6 Å². The maximum Gasteiger partial charge on any atom is 0.335 e. The maximum absolute atomic E-state index is 13.3. The van der Waals surface area contributed by atoms with Gasteiger partial charge in [-0.25, -0.2) is 9.18 Å². The van der Waals surface area contributed by atoms with E-state index in [4.69, 9.17) is 9.84 Å². The largest absolute Gasteiger partial charge is 0.478 e. The van der Waals surface area contributed by atoms with Crippen LogP contribution < -0.4 is 10.3 Å². The average molecular weight is 431 g/mol. The monoisotopic (exact) mass is 431 g/mol. The molecule has 0 saturated heterocycles. The Labute approximate surface area is 182 Å². The molecule has 0 aliphatic rings. The molecule has 0 unspecified atom stereocenters. The van der Waals surface area contributed by atoms with Gasteiger partial charge in [0.05, 0.1) is 23.9 Å². The summed E-state index contributed by atoms with van der Waals surface area (Å²) < 4.78 is 20.1. The van der Waals surface area contributed by atoms with Crippen molar-refractivity contribution in [2.75, 3.05) is 0 Å². The number of rotatable bonds is 6. The molecule has 32 heavy (non-hydrogen) atoms. The molecule has 1 heterocycles. The number of aromatic carboxylic acids is 1. The Bertz CT molecular complexity index is 1380. The number of fused-ring (bicyclic) bond motifs is 1. The summed E-state index contributed by atoms with van der Waals surface area (Å²) in [5.74, 6) is -1.79. The summed E-state index contributed by atoms with van der Waals surface area (Å²) in [5.41, 5.74) is 1.17. The first-order valence-electron chi connectivity index (χ1n) is 9.79. The lowest BCUT2D eigenvalue weighted by Crippen LogP contribution is -2.20. The number of hydrogen-bond acceptors (Lipinski definition) is 4. The van der Waals surface area contributed by atoms with Crippen molar-refractivity contribution in [2.45, 2.75) is 13.0 Å². The summed E-state index contributed by atoms with van der Waals surface area (Å²) in [5, 5.41) is 10.1.